The SMILES string of the molecule is Cc1cccc(Cl)c1NCC(O)COCc1cccs1. The molecule has 0 saturated carbocycles. The van der Waals surface area contributed by atoms with Crippen LogP contribution in [0.1, 0.15) is 10.4 Å². The molecule has 2 aromatic rings. The fourth-order valence-electron chi connectivity index (χ4n) is 1.82. The molecule has 0 amide bonds. The number of para-hydroxylation sites is 1. The van der Waals surface area contributed by atoms with Crippen molar-refractivity contribution in [3.8, 4) is 0 Å². The van der Waals surface area contributed by atoms with Crippen molar-refractivity contribution in [1.82, 2.24) is 0 Å². The van der Waals surface area contributed by atoms with E-state index in [9.17, 15) is 5.11 Å². The quantitative estimate of drug-likeness (QED) is 0.819. The first-order valence-corrected chi connectivity index (χ1v) is 7.69. The summed E-state index contributed by atoms with van der Waals surface area (Å²) in [6.45, 7) is 3.23. The van der Waals surface area contributed by atoms with E-state index in [-0.39, 0.29) is 0 Å². The molecule has 0 aliphatic carbocycles. The standard InChI is InChI=1S/C15H18ClNO2S/c1-11-4-2-6-14(16)15(11)17-8-12(18)9-19-10-13-5-3-7-20-13/h2-7,12,17-18H,8-10H2,1H3. The van der Waals surface area contributed by atoms with Gasteiger partial charge in [-0.15, -0.1) is 11.3 Å². The number of nitrogens with one attached hydrogen (secondary N) is 1. The number of anilines is 1. The summed E-state index contributed by atoms with van der Waals surface area (Å²) in [5.41, 5.74) is 1.93. The molecule has 0 radical (unpaired) electrons. The summed E-state index contributed by atoms with van der Waals surface area (Å²) in [5, 5.41) is 15.7. The van der Waals surface area contributed by atoms with Crippen LogP contribution in [-0.2, 0) is 11.3 Å². The lowest BCUT2D eigenvalue weighted by Gasteiger charge is -2.15. The van der Waals surface area contributed by atoms with E-state index in [2.05, 4.69) is 5.32 Å². The van der Waals surface area contributed by atoms with Gasteiger partial charge in [0.05, 0.1) is 30.0 Å². The molecule has 1 atom stereocenters. The minimum absolute atomic E-state index is 0.300. The molecular weight excluding hydrogens is 294 g/mol. The number of halogens is 1. The highest BCUT2D eigenvalue weighted by Gasteiger charge is 2.08. The van der Waals surface area contributed by atoms with Gasteiger partial charge in [-0.2, -0.15) is 0 Å². The first-order chi connectivity index (χ1) is 9.66. The summed E-state index contributed by atoms with van der Waals surface area (Å²) in [6.07, 6.45) is -0.564. The molecule has 0 fully saturated rings. The molecule has 0 aliphatic heterocycles. The van der Waals surface area contributed by atoms with Crippen molar-refractivity contribution in [2.24, 2.45) is 0 Å². The Morgan fingerprint density at radius 2 is 2.20 bits per heavy atom. The van der Waals surface area contributed by atoms with Gasteiger partial charge in [0.25, 0.3) is 0 Å². The fraction of sp³-hybridized carbons (Fsp3) is 0.333. The summed E-state index contributed by atoms with van der Waals surface area (Å²) in [5.74, 6) is 0. The molecule has 1 aromatic carbocycles. The lowest BCUT2D eigenvalue weighted by molar-refractivity contribution is 0.0359. The fourth-order valence-corrected chi connectivity index (χ4v) is 2.75. The topological polar surface area (TPSA) is 41.5 Å². The molecule has 0 saturated heterocycles. The lowest BCUT2D eigenvalue weighted by Crippen LogP contribution is -2.25. The van der Waals surface area contributed by atoms with E-state index >= 15 is 0 Å². The van der Waals surface area contributed by atoms with E-state index in [1.54, 1.807) is 11.3 Å². The van der Waals surface area contributed by atoms with Gasteiger partial charge in [-0.05, 0) is 30.0 Å². The highest BCUT2D eigenvalue weighted by atomic mass is 35.5. The van der Waals surface area contributed by atoms with Crippen LogP contribution in [0.15, 0.2) is 35.7 Å². The molecule has 20 heavy (non-hydrogen) atoms. The van der Waals surface area contributed by atoms with Crippen LogP contribution in [-0.4, -0.2) is 24.4 Å². The number of rotatable bonds is 7. The molecule has 1 heterocycles. The monoisotopic (exact) mass is 311 g/mol. The van der Waals surface area contributed by atoms with Gasteiger partial charge in [0.15, 0.2) is 0 Å². The van der Waals surface area contributed by atoms with E-state index in [4.69, 9.17) is 16.3 Å². The number of aliphatic hydroxyl groups is 1. The van der Waals surface area contributed by atoms with Gasteiger partial charge in [-0.3, -0.25) is 0 Å². The maximum absolute atomic E-state index is 9.89. The molecule has 2 rings (SSSR count). The molecule has 0 spiro atoms. The molecule has 0 bridgehead atoms. The second kappa shape index (κ2) is 7.64. The van der Waals surface area contributed by atoms with Crippen LogP contribution < -0.4 is 5.32 Å². The lowest BCUT2D eigenvalue weighted by atomic mass is 10.2. The number of hydrogen-bond acceptors (Lipinski definition) is 4. The Kier molecular flexibility index (Phi) is 5.86. The maximum atomic E-state index is 9.89. The zero-order valence-electron chi connectivity index (χ0n) is 11.3. The summed E-state index contributed by atoms with van der Waals surface area (Å²) in [7, 11) is 0. The van der Waals surface area contributed by atoms with Crippen molar-refractivity contribution in [2.75, 3.05) is 18.5 Å². The number of benzene rings is 1. The van der Waals surface area contributed by atoms with Crippen LogP contribution >= 0.6 is 22.9 Å². The molecule has 3 nitrogen and oxygen atoms in total. The van der Waals surface area contributed by atoms with E-state index in [0.29, 0.717) is 24.8 Å². The predicted molar refractivity (Wildman–Crippen MR) is 84.7 cm³/mol. The van der Waals surface area contributed by atoms with Gasteiger partial charge in [-0.25, -0.2) is 0 Å². The van der Waals surface area contributed by atoms with E-state index in [1.165, 1.54) is 0 Å². The molecule has 108 valence electrons. The summed E-state index contributed by atoms with van der Waals surface area (Å²) < 4.78 is 5.48. The molecule has 2 N–H and O–H groups in total. The summed E-state index contributed by atoms with van der Waals surface area (Å²) in [6, 6.07) is 9.72. The van der Waals surface area contributed by atoms with Gasteiger partial charge in [0.2, 0.25) is 0 Å². The van der Waals surface area contributed by atoms with Crippen LogP contribution in [0.3, 0.4) is 0 Å². The zero-order valence-corrected chi connectivity index (χ0v) is 12.9. The van der Waals surface area contributed by atoms with Gasteiger partial charge in [0, 0.05) is 11.4 Å². The van der Waals surface area contributed by atoms with Crippen molar-refractivity contribution >= 4 is 28.6 Å². The van der Waals surface area contributed by atoms with Gasteiger partial charge >= 0.3 is 0 Å². The van der Waals surface area contributed by atoms with E-state index in [0.717, 1.165) is 16.1 Å². The smallest absolute Gasteiger partial charge is 0.0945 e. The number of ether oxygens (including phenoxy) is 1. The molecular formula is C15H18ClNO2S. The Morgan fingerprint density at radius 1 is 1.35 bits per heavy atom. The average molecular weight is 312 g/mol. The Balaban J connectivity index is 1.73. The number of aliphatic hydroxyl groups excluding tert-OH is 1. The third-order valence-electron chi connectivity index (χ3n) is 2.87. The summed E-state index contributed by atoms with van der Waals surface area (Å²) in [4.78, 5) is 1.16. The normalized spacial score (nSPS) is 12.3. The second-order valence-electron chi connectivity index (χ2n) is 4.56. The summed E-state index contributed by atoms with van der Waals surface area (Å²) >= 11 is 7.76. The molecule has 5 heteroatoms. The third kappa shape index (κ3) is 4.49. The van der Waals surface area contributed by atoms with Crippen LogP contribution in [0, 0.1) is 6.92 Å². The van der Waals surface area contributed by atoms with Crippen LogP contribution in [0.5, 0.6) is 0 Å². The maximum Gasteiger partial charge on any atom is 0.0945 e. The minimum Gasteiger partial charge on any atom is -0.389 e. The minimum atomic E-state index is -0.564. The number of aryl methyl sites for hydroxylation is 1. The Labute approximate surface area is 128 Å². The van der Waals surface area contributed by atoms with Crippen LogP contribution in [0.2, 0.25) is 5.02 Å². The molecule has 0 aliphatic rings. The van der Waals surface area contributed by atoms with Gasteiger partial charge in [-0.1, -0.05) is 29.8 Å². The predicted octanol–water partition coefficient (Wildman–Crippen LogP) is 3.70. The van der Waals surface area contributed by atoms with Crippen molar-refractivity contribution in [2.45, 2.75) is 19.6 Å². The second-order valence-corrected chi connectivity index (χ2v) is 6.00. The largest absolute Gasteiger partial charge is 0.389 e. The Bertz CT molecular complexity index is 510. The van der Waals surface area contributed by atoms with Crippen molar-refractivity contribution in [3.05, 3.63) is 51.2 Å². The molecule has 1 aromatic heterocycles. The van der Waals surface area contributed by atoms with Crippen molar-refractivity contribution in [1.29, 1.82) is 0 Å². The van der Waals surface area contributed by atoms with Crippen molar-refractivity contribution < 1.29 is 9.84 Å². The van der Waals surface area contributed by atoms with Gasteiger partial charge in [0.1, 0.15) is 0 Å². The highest BCUT2D eigenvalue weighted by Crippen LogP contribution is 2.25. The third-order valence-corrected chi connectivity index (χ3v) is 4.04. The van der Waals surface area contributed by atoms with Crippen molar-refractivity contribution in [3.63, 3.8) is 0 Å². The van der Waals surface area contributed by atoms with Crippen LogP contribution in [0.25, 0.3) is 0 Å². The highest BCUT2D eigenvalue weighted by molar-refractivity contribution is 7.09. The molecule has 1 unspecified atom stereocenters. The first kappa shape index (κ1) is 15.3. The van der Waals surface area contributed by atoms with E-state index < -0.39 is 6.10 Å². The Hall–Kier alpha value is -1.07. The number of thiophene rings is 1. The first-order valence-electron chi connectivity index (χ1n) is 6.44. The number of hydrogen-bond donors (Lipinski definition) is 2. The van der Waals surface area contributed by atoms with Gasteiger partial charge < -0.3 is 15.2 Å². The van der Waals surface area contributed by atoms with Crippen LogP contribution in [0.4, 0.5) is 5.69 Å². The average Bonchev–Trinajstić information content (AvgIpc) is 2.91. The van der Waals surface area contributed by atoms with E-state index in [1.807, 2.05) is 42.6 Å². The Morgan fingerprint density at radius 3 is 2.90 bits per heavy atom. The zero-order chi connectivity index (χ0) is 14.4.